The Balaban J connectivity index is 2.89. The highest BCUT2D eigenvalue weighted by atomic mass is 16.7. The van der Waals surface area contributed by atoms with Crippen LogP contribution in [0.1, 0.15) is 20.3 Å². The highest BCUT2D eigenvalue weighted by Crippen LogP contribution is 2.24. The lowest BCUT2D eigenvalue weighted by Gasteiger charge is -2.31. The fourth-order valence-corrected chi connectivity index (χ4v) is 1.42. The van der Waals surface area contributed by atoms with Gasteiger partial charge in [-0.1, -0.05) is 0 Å². The molecule has 0 fully saturated rings. The van der Waals surface area contributed by atoms with Crippen LogP contribution in [-0.4, -0.2) is 30.6 Å². The van der Waals surface area contributed by atoms with Gasteiger partial charge in [0.1, 0.15) is 0 Å². The van der Waals surface area contributed by atoms with Crippen LogP contribution in [0.3, 0.4) is 0 Å². The Morgan fingerprint density at radius 3 is 2.29 bits per heavy atom. The number of rotatable bonds is 4. The molecule has 1 aliphatic rings. The molecule has 4 heteroatoms. The first-order valence-electron chi connectivity index (χ1n) is 4.68. The number of hydrogen-bond donors (Lipinski definition) is 0. The van der Waals surface area contributed by atoms with Crippen molar-refractivity contribution in [1.29, 1.82) is 0 Å². The van der Waals surface area contributed by atoms with E-state index in [4.69, 9.17) is 9.47 Å². The van der Waals surface area contributed by atoms with Gasteiger partial charge in [0.2, 0.25) is 11.6 Å². The van der Waals surface area contributed by atoms with Crippen molar-refractivity contribution in [2.45, 2.75) is 26.1 Å². The Kier molecular flexibility index (Phi) is 3.55. The predicted molar refractivity (Wildman–Crippen MR) is 49.8 cm³/mol. The van der Waals surface area contributed by atoms with Crippen LogP contribution in [-0.2, 0) is 19.1 Å². The molecule has 0 aromatic heterocycles. The number of ketones is 2. The maximum absolute atomic E-state index is 11.6. The SMILES string of the molecule is CCOC1(OCC)CC(=O)C=CC1=O. The highest BCUT2D eigenvalue weighted by Gasteiger charge is 2.42. The maximum atomic E-state index is 11.6. The van der Waals surface area contributed by atoms with Gasteiger partial charge in [-0.05, 0) is 26.0 Å². The summed E-state index contributed by atoms with van der Waals surface area (Å²) in [6, 6.07) is 0. The lowest BCUT2D eigenvalue weighted by atomic mass is 9.98. The predicted octanol–water partition coefficient (Wildman–Crippen LogP) is 0.854. The summed E-state index contributed by atoms with van der Waals surface area (Å²) >= 11 is 0. The number of allylic oxidation sites excluding steroid dienone is 1. The second-order valence-electron chi connectivity index (χ2n) is 2.96. The fraction of sp³-hybridized carbons (Fsp3) is 0.600. The zero-order valence-electron chi connectivity index (χ0n) is 8.41. The Bertz CT molecular complexity index is 261. The summed E-state index contributed by atoms with van der Waals surface area (Å²) in [5.74, 6) is -1.80. The molecular weight excluding hydrogens is 184 g/mol. The Morgan fingerprint density at radius 1 is 1.21 bits per heavy atom. The smallest absolute Gasteiger partial charge is 0.240 e. The molecule has 0 bridgehead atoms. The molecule has 1 rings (SSSR count). The van der Waals surface area contributed by atoms with E-state index in [1.165, 1.54) is 12.2 Å². The van der Waals surface area contributed by atoms with E-state index in [0.29, 0.717) is 13.2 Å². The van der Waals surface area contributed by atoms with Crippen LogP contribution in [0.15, 0.2) is 12.2 Å². The summed E-state index contributed by atoms with van der Waals surface area (Å²) in [6.07, 6.45) is 2.46. The molecule has 0 aliphatic heterocycles. The second kappa shape index (κ2) is 4.48. The minimum absolute atomic E-state index is 0.0238. The van der Waals surface area contributed by atoms with Crippen molar-refractivity contribution >= 4 is 11.6 Å². The van der Waals surface area contributed by atoms with Gasteiger partial charge in [0, 0.05) is 13.2 Å². The summed E-state index contributed by atoms with van der Waals surface area (Å²) in [5.41, 5.74) is 0. The van der Waals surface area contributed by atoms with Crippen molar-refractivity contribution < 1.29 is 19.1 Å². The molecule has 78 valence electrons. The quantitative estimate of drug-likeness (QED) is 0.628. The number of ether oxygens (including phenoxy) is 2. The molecule has 0 aromatic carbocycles. The van der Waals surface area contributed by atoms with Crippen molar-refractivity contribution in [1.82, 2.24) is 0 Å². The molecule has 0 saturated carbocycles. The molecule has 14 heavy (non-hydrogen) atoms. The molecular formula is C10H14O4. The summed E-state index contributed by atoms with van der Waals surface area (Å²) in [6.45, 7) is 4.20. The first-order chi connectivity index (χ1) is 6.64. The summed E-state index contributed by atoms with van der Waals surface area (Å²) < 4.78 is 10.5. The number of carbonyl (C=O) groups excluding carboxylic acids is 2. The van der Waals surface area contributed by atoms with E-state index in [0.717, 1.165) is 0 Å². The van der Waals surface area contributed by atoms with Gasteiger partial charge in [-0.25, -0.2) is 0 Å². The van der Waals surface area contributed by atoms with Crippen LogP contribution < -0.4 is 0 Å². The van der Waals surface area contributed by atoms with Gasteiger partial charge in [0.15, 0.2) is 5.78 Å². The van der Waals surface area contributed by atoms with Gasteiger partial charge < -0.3 is 9.47 Å². The van der Waals surface area contributed by atoms with Gasteiger partial charge in [-0.3, -0.25) is 9.59 Å². The largest absolute Gasteiger partial charge is 0.343 e. The van der Waals surface area contributed by atoms with E-state index in [2.05, 4.69) is 0 Å². The molecule has 0 saturated heterocycles. The minimum Gasteiger partial charge on any atom is -0.343 e. The Labute approximate surface area is 82.9 Å². The normalized spacial score (nSPS) is 20.1. The first-order valence-corrected chi connectivity index (χ1v) is 4.68. The fourth-order valence-electron chi connectivity index (χ4n) is 1.42. The van der Waals surface area contributed by atoms with Crippen LogP contribution in [0.2, 0.25) is 0 Å². The zero-order chi connectivity index (χ0) is 10.6. The molecule has 1 aliphatic carbocycles. The van der Waals surface area contributed by atoms with Crippen molar-refractivity contribution in [3.63, 3.8) is 0 Å². The van der Waals surface area contributed by atoms with Crippen molar-refractivity contribution in [2.75, 3.05) is 13.2 Å². The Hall–Kier alpha value is -1.00. The van der Waals surface area contributed by atoms with E-state index < -0.39 is 5.79 Å². The average molecular weight is 198 g/mol. The molecule has 0 heterocycles. The number of carbonyl (C=O) groups is 2. The molecule has 0 N–H and O–H groups in total. The molecule has 0 amide bonds. The van der Waals surface area contributed by atoms with Crippen LogP contribution >= 0.6 is 0 Å². The summed E-state index contributed by atoms with van der Waals surface area (Å²) in [7, 11) is 0. The van der Waals surface area contributed by atoms with Gasteiger partial charge >= 0.3 is 0 Å². The van der Waals surface area contributed by atoms with Gasteiger partial charge in [-0.2, -0.15) is 0 Å². The molecule has 0 aromatic rings. The van der Waals surface area contributed by atoms with E-state index >= 15 is 0 Å². The van der Waals surface area contributed by atoms with Crippen LogP contribution in [0.5, 0.6) is 0 Å². The third kappa shape index (κ3) is 2.08. The monoisotopic (exact) mass is 198 g/mol. The molecule has 0 unspecified atom stereocenters. The molecule has 0 radical (unpaired) electrons. The van der Waals surface area contributed by atoms with E-state index in [-0.39, 0.29) is 18.0 Å². The van der Waals surface area contributed by atoms with E-state index in [1.807, 2.05) is 0 Å². The van der Waals surface area contributed by atoms with Crippen LogP contribution in [0.4, 0.5) is 0 Å². The molecule has 0 atom stereocenters. The summed E-state index contributed by atoms with van der Waals surface area (Å²) in [4.78, 5) is 22.7. The second-order valence-corrected chi connectivity index (χ2v) is 2.96. The van der Waals surface area contributed by atoms with Crippen molar-refractivity contribution in [2.24, 2.45) is 0 Å². The van der Waals surface area contributed by atoms with E-state index in [1.54, 1.807) is 13.8 Å². The first kappa shape index (κ1) is 11.1. The van der Waals surface area contributed by atoms with Gasteiger partial charge in [-0.15, -0.1) is 0 Å². The highest BCUT2D eigenvalue weighted by molar-refractivity contribution is 6.08. The summed E-state index contributed by atoms with van der Waals surface area (Å²) in [5, 5.41) is 0. The average Bonchev–Trinajstić information content (AvgIpc) is 2.13. The van der Waals surface area contributed by atoms with Gasteiger partial charge in [0.25, 0.3) is 0 Å². The van der Waals surface area contributed by atoms with Crippen molar-refractivity contribution in [3.8, 4) is 0 Å². The lowest BCUT2D eigenvalue weighted by Crippen LogP contribution is -2.47. The third-order valence-electron chi connectivity index (χ3n) is 1.96. The third-order valence-corrected chi connectivity index (χ3v) is 1.96. The van der Waals surface area contributed by atoms with Crippen LogP contribution in [0.25, 0.3) is 0 Å². The molecule has 4 nitrogen and oxygen atoms in total. The van der Waals surface area contributed by atoms with Gasteiger partial charge in [0.05, 0.1) is 6.42 Å². The number of hydrogen-bond acceptors (Lipinski definition) is 4. The topological polar surface area (TPSA) is 52.6 Å². The standard InChI is InChI=1S/C10H14O4/c1-3-13-10(14-4-2)7-8(11)5-6-9(10)12/h5-6H,3-4,7H2,1-2H3. The molecule has 0 spiro atoms. The van der Waals surface area contributed by atoms with Crippen molar-refractivity contribution in [3.05, 3.63) is 12.2 Å². The lowest BCUT2D eigenvalue weighted by molar-refractivity contribution is -0.224. The maximum Gasteiger partial charge on any atom is 0.240 e. The Morgan fingerprint density at radius 2 is 1.79 bits per heavy atom. The van der Waals surface area contributed by atoms with Crippen LogP contribution in [0, 0.1) is 0 Å². The van der Waals surface area contributed by atoms with E-state index in [9.17, 15) is 9.59 Å². The minimum atomic E-state index is -1.37. The zero-order valence-corrected chi connectivity index (χ0v) is 8.41.